The maximum absolute atomic E-state index is 11.5. The molecule has 0 aromatic heterocycles. The normalized spacial score (nSPS) is 13.5. The highest BCUT2D eigenvalue weighted by molar-refractivity contribution is 7.91. The van der Waals surface area contributed by atoms with Crippen LogP contribution in [0.5, 0.6) is 0 Å². The van der Waals surface area contributed by atoms with Gasteiger partial charge in [0, 0.05) is 11.6 Å². The summed E-state index contributed by atoms with van der Waals surface area (Å²) < 4.78 is 23.0. The van der Waals surface area contributed by atoms with Crippen LogP contribution >= 0.6 is 11.6 Å². The average Bonchev–Trinajstić information content (AvgIpc) is 2.36. The third-order valence-electron chi connectivity index (χ3n) is 3.26. The van der Waals surface area contributed by atoms with Gasteiger partial charge in [-0.05, 0) is 36.8 Å². The molecule has 1 unspecified atom stereocenters. The van der Waals surface area contributed by atoms with Crippen molar-refractivity contribution in [1.82, 2.24) is 0 Å². The van der Waals surface area contributed by atoms with Gasteiger partial charge in [0.1, 0.15) is 9.84 Å². The van der Waals surface area contributed by atoms with Gasteiger partial charge >= 0.3 is 0 Å². The van der Waals surface area contributed by atoms with E-state index in [0.717, 1.165) is 6.42 Å². The molecule has 0 aliphatic rings. The predicted molar refractivity (Wildman–Crippen MR) is 78.0 cm³/mol. The molecule has 1 rings (SSSR count). The van der Waals surface area contributed by atoms with Gasteiger partial charge in [-0.25, -0.2) is 8.42 Å². The second-order valence-electron chi connectivity index (χ2n) is 4.68. The fourth-order valence-electron chi connectivity index (χ4n) is 1.87. The van der Waals surface area contributed by atoms with Crippen molar-refractivity contribution in [2.75, 3.05) is 17.4 Å². The zero-order valence-corrected chi connectivity index (χ0v) is 12.6. The van der Waals surface area contributed by atoms with Crippen molar-refractivity contribution in [2.45, 2.75) is 26.7 Å². The highest BCUT2D eigenvalue weighted by atomic mass is 35.5. The van der Waals surface area contributed by atoms with Crippen LogP contribution in [-0.2, 0) is 16.3 Å². The summed E-state index contributed by atoms with van der Waals surface area (Å²) in [5.41, 5.74) is 2.50. The first kappa shape index (κ1) is 15.5. The van der Waals surface area contributed by atoms with Crippen LogP contribution in [0.3, 0.4) is 0 Å². The van der Waals surface area contributed by atoms with Gasteiger partial charge in [-0.2, -0.15) is 0 Å². The lowest BCUT2D eigenvalue weighted by Gasteiger charge is -2.15. The molecule has 0 radical (unpaired) electrons. The summed E-state index contributed by atoms with van der Waals surface area (Å²) >= 11 is 5.95. The topological polar surface area (TPSA) is 34.1 Å². The first-order valence-electron chi connectivity index (χ1n) is 6.29. The molecule has 0 N–H and O–H groups in total. The number of alkyl halides is 1. The molecule has 0 aliphatic carbocycles. The van der Waals surface area contributed by atoms with Crippen LogP contribution in [0, 0.1) is 12.8 Å². The lowest BCUT2D eigenvalue weighted by Crippen LogP contribution is -2.16. The number of hydrogen-bond acceptors (Lipinski definition) is 2. The van der Waals surface area contributed by atoms with E-state index >= 15 is 0 Å². The number of hydrogen-bond donors (Lipinski definition) is 0. The molecule has 1 aromatic rings. The second kappa shape index (κ2) is 7.15. The van der Waals surface area contributed by atoms with Gasteiger partial charge in [-0.3, -0.25) is 0 Å². The quantitative estimate of drug-likeness (QED) is 0.722. The van der Waals surface area contributed by atoms with Gasteiger partial charge in [0.05, 0.1) is 5.75 Å². The average molecular weight is 289 g/mol. The standard InChI is InChI=1S/C14H21ClO2S/c1-3-18(16,17)9-8-13(11-15)10-14-7-5-4-6-12(14)2/h4-7,13H,3,8-11H2,1-2H3. The largest absolute Gasteiger partial charge is 0.229 e. The minimum absolute atomic E-state index is 0.215. The zero-order chi connectivity index (χ0) is 13.6. The Labute approximate surface area is 115 Å². The Morgan fingerprint density at radius 1 is 1.28 bits per heavy atom. The molecule has 0 spiro atoms. The van der Waals surface area contributed by atoms with E-state index in [4.69, 9.17) is 11.6 Å². The van der Waals surface area contributed by atoms with Crippen LogP contribution in [0.4, 0.5) is 0 Å². The molecule has 0 saturated heterocycles. The maximum Gasteiger partial charge on any atom is 0.150 e. The molecule has 0 saturated carbocycles. The van der Waals surface area contributed by atoms with Gasteiger partial charge < -0.3 is 0 Å². The van der Waals surface area contributed by atoms with Crippen molar-refractivity contribution < 1.29 is 8.42 Å². The minimum Gasteiger partial charge on any atom is -0.229 e. The Balaban J connectivity index is 2.61. The lowest BCUT2D eigenvalue weighted by molar-refractivity contribution is 0.547. The SMILES string of the molecule is CCS(=O)(=O)CCC(CCl)Cc1ccccc1C. The summed E-state index contributed by atoms with van der Waals surface area (Å²) in [6.07, 6.45) is 1.50. The van der Waals surface area contributed by atoms with Crippen LogP contribution in [0.25, 0.3) is 0 Å². The van der Waals surface area contributed by atoms with E-state index in [0.29, 0.717) is 12.3 Å². The van der Waals surface area contributed by atoms with Crippen molar-refractivity contribution in [1.29, 1.82) is 0 Å². The highest BCUT2D eigenvalue weighted by Gasteiger charge is 2.14. The number of sulfone groups is 1. The molecule has 4 heteroatoms. The smallest absolute Gasteiger partial charge is 0.150 e. The second-order valence-corrected chi connectivity index (χ2v) is 7.46. The third kappa shape index (κ3) is 4.99. The predicted octanol–water partition coefficient (Wildman–Crippen LogP) is 3.22. The lowest BCUT2D eigenvalue weighted by atomic mass is 9.96. The van der Waals surface area contributed by atoms with E-state index in [9.17, 15) is 8.42 Å². The van der Waals surface area contributed by atoms with Crippen LogP contribution in [0.15, 0.2) is 24.3 Å². The molecule has 0 aliphatic heterocycles. The molecule has 0 bridgehead atoms. The van der Waals surface area contributed by atoms with E-state index in [2.05, 4.69) is 19.1 Å². The number of rotatable bonds is 7. The van der Waals surface area contributed by atoms with Crippen molar-refractivity contribution >= 4 is 21.4 Å². The molecule has 0 amide bonds. The van der Waals surface area contributed by atoms with Crippen LogP contribution in [0.1, 0.15) is 24.5 Å². The van der Waals surface area contributed by atoms with Crippen molar-refractivity contribution in [3.05, 3.63) is 35.4 Å². The Hall–Kier alpha value is -0.540. The first-order chi connectivity index (χ1) is 8.48. The molecular weight excluding hydrogens is 268 g/mol. The van der Waals surface area contributed by atoms with Crippen molar-refractivity contribution in [3.8, 4) is 0 Å². The highest BCUT2D eigenvalue weighted by Crippen LogP contribution is 2.18. The Morgan fingerprint density at radius 2 is 1.94 bits per heavy atom. The first-order valence-corrected chi connectivity index (χ1v) is 8.65. The molecule has 2 nitrogen and oxygen atoms in total. The molecule has 0 heterocycles. The van der Waals surface area contributed by atoms with Gasteiger partial charge in [0.15, 0.2) is 0 Å². The van der Waals surface area contributed by atoms with E-state index in [1.165, 1.54) is 11.1 Å². The molecule has 0 fully saturated rings. The Bertz CT molecular complexity index is 468. The molecule has 18 heavy (non-hydrogen) atoms. The Kier molecular flexibility index (Phi) is 6.16. The zero-order valence-electron chi connectivity index (χ0n) is 11.0. The fourth-order valence-corrected chi connectivity index (χ4v) is 3.12. The van der Waals surface area contributed by atoms with E-state index in [1.807, 2.05) is 12.1 Å². The minimum atomic E-state index is -2.89. The molecule has 102 valence electrons. The molecule has 1 atom stereocenters. The van der Waals surface area contributed by atoms with E-state index in [1.54, 1.807) is 6.92 Å². The van der Waals surface area contributed by atoms with Gasteiger partial charge in [-0.15, -0.1) is 11.6 Å². The Morgan fingerprint density at radius 3 is 2.50 bits per heavy atom. The van der Waals surface area contributed by atoms with Crippen molar-refractivity contribution in [3.63, 3.8) is 0 Å². The summed E-state index contributed by atoms with van der Waals surface area (Å²) in [5, 5.41) is 0. The van der Waals surface area contributed by atoms with Crippen LogP contribution in [-0.4, -0.2) is 25.8 Å². The summed E-state index contributed by atoms with van der Waals surface area (Å²) in [6.45, 7) is 3.76. The summed E-state index contributed by atoms with van der Waals surface area (Å²) in [7, 11) is -2.89. The van der Waals surface area contributed by atoms with Gasteiger partial charge in [-0.1, -0.05) is 31.2 Å². The summed E-state index contributed by atoms with van der Waals surface area (Å²) in [4.78, 5) is 0. The van der Waals surface area contributed by atoms with E-state index in [-0.39, 0.29) is 17.4 Å². The monoisotopic (exact) mass is 288 g/mol. The van der Waals surface area contributed by atoms with E-state index < -0.39 is 9.84 Å². The van der Waals surface area contributed by atoms with Gasteiger partial charge in [0.2, 0.25) is 0 Å². The maximum atomic E-state index is 11.5. The number of benzene rings is 1. The number of aryl methyl sites for hydroxylation is 1. The van der Waals surface area contributed by atoms with Crippen LogP contribution < -0.4 is 0 Å². The fraction of sp³-hybridized carbons (Fsp3) is 0.571. The molecule has 1 aromatic carbocycles. The van der Waals surface area contributed by atoms with Crippen LogP contribution in [0.2, 0.25) is 0 Å². The number of halogens is 1. The summed E-state index contributed by atoms with van der Waals surface area (Å²) in [6, 6.07) is 8.18. The van der Waals surface area contributed by atoms with Gasteiger partial charge in [0.25, 0.3) is 0 Å². The van der Waals surface area contributed by atoms with Crippen molar-refractivity contribution in [2.24, 2.45) is 5.92 Å². The third-order valence-corrected chi connectivity index (χ3v) is 5.44. The molecular formula is C14H21ClO2S. The summed E-state index contributed by atoms with van der Waals surface area (Å²) in [5.74, 6) is 1.20.